The SMILES string of the molecule is COc1ccc([C@@H]2CN(c3nc(C)ccc3C#N)C[C@H]2NC(C)=O)cc1. The van der Waals surface area contributed by atoms with Crippen LogP contribution >= 0.6 is 0 Å². The van der Waals surface area contributed by atoms with Gasteiger partial charge in [0.2, 0.25) is 5.91 Å². The molecule has 1 aromatic carbocycles. The molecule has 6 nitrogen and oxygen atoms in total. The van der Waals surface area contributed by atoms with Crippen molar-refractivity contribution in [3.63, 3.8) is 0 Å². The van der Waals surface area contributed by atoms with Gasteiger partial charge in [0.1, 0.15) is 17.6 Å². The molecular weight excluding hydrogens is 328 g/mol. The summed E-state index contributed by atoms with van der Waals surface area (Å²) in [6, 6.07) is 13.7. The minimum Gasteiger partial charge on any atom is -0.497 e. The van der Waals surface area contributed by atoms with Crippen molar-refractivity contribution in [1.82, 2.24) is 10.3 Å². The van der Waals surface area contributed by atoms with Crippen molar-refractivity contribution in [3.05, 3.63) is 53.2 Å². The quantitative estimate of drug-likeness (QED) is 0.916. The number of amides is 1. The lowest BCUT2D eigenvalue weighted by Gasteiger charge is -2.19. The summed E-state index contributed by atoms with van der Waals surface area (Å²) in [6.45, 7) is 4.73. The van der Waals surface area contributed by atoms with Gasteiger partial charge in [0.05, 0.1) is 18.7 Å². The summed E-state index contributed by atoms with van der Waals surface area (Å²) >= 11 is 0. The molecule has 26 heavy (non-hydrogen) atoms. The highest BCUT2D eigenvalue weighted by atomic mass is 16.5. The van der Waals surface area contributed by atoms with Crippen LogP contribution in [-0.2, 0) is 4.79 Å². The molecule has 1 fully saturated rings. The number of methoxy groups -OCH3 is 1. The van der Waals surface area contributed by atoms with E-state index in [2.05, 4.69) is 21.3 Å². The lowest BCUT2D eigenvalue weighted by molar-refractivity contribution is -0.119. The van der Waals surface area contributed by atoms with E-state index in [1.54, 1.807) is 13.2 Å². The van der Waals surface area contributed by atoms with E-state index in [4.69, 9.17) is 4.74 Å². The van der Waals surface area contributed by atoms with E-state index in [0.717, 1.165) is 17.0 Å². The number of carbonyl (C=O) groups is 1. The van der Waals surface area contributed by atoms with E-state index in [-0.39, 0.29) is 17.9 Å². The number of ether oxygens (including phenoxy) is 1. The lowest BCUT2D eigenvalue weighted by Crippen LogP contribution is -2.38. The molecule has 1 N–H and O–H groups in total. The lowest BCUT2D eigenvalue weighted by atomic mass is 9.94. The monoisotopic (exact) mass is 350 g/mol. The van der Waals surface area contributed by atoms with Gasteiger partial charge in [-0.3, -0.25) is 4.79 Å². The van der Waals surface area contributed by atoms with Crippen LogP contribution in [0.25, 0.3) is 0 Å². The van der Waals surface area contributed by atoms with Gasteiger partial charge >= 0.3 is 0 Å². The molecule has 0 bridgehead atoms. The predicted octanol–water partition coefficient (Wildman–Crippen LogP) is 2.38. The number of nitriles is 1. The molecule has 0 aliphatic carbocycles. The molecule has 0 radical (unpaired) electrons. The summed E-state index contributed by atoms with van der Waals surface area (Å²) < 4.78 is 5.23. The fraction of sp³-hybridized carbons (Fsp3) is 0.350. The average Bonchev–Trinajstić information content (AvgIpc) is 3.04. The first-order chi connectivity index (χ1) is 12.5. The van der Waals surface area contributed by atoms with Crippen molar-refractivity contribution in [2.24, 2.45) is 0 Å². The molecule has 1 aliphatic heterocycles. The Balaban J connectivity index is 1.93. The van der Waals surface area contributed by atoms with E-state index < -0.39 is 0 Å². The average molecular weight is 350 g/mol. The van der Waals surface area contributed by atoms with Crippen LogP contribution in [-0.4, -0.2) is 37.1 Å². The Morgan fingerprint density at radius 1 is 1.27 bits per heavy atom. The fourth-order valence-corrected chi connectivity index (χ4v) is 3.44. The van der Waals surface area contributed by atoms with Gasteiger partial charge in [0.15, 0.2) is 0 Å². The molecule has 134 valence electrons. The third-order valence-corrected chi connectivity index (χ3v) is 4.69. The second kappa shape index (κ2) is 7.44. The Morgan fingerprint density at radius 3 is 2.62 bits per heavy atom. The summed E-state index contributed by atoms with van der Waals surface area (Å²) in [5, 5.41) is 12.5. The summed E-state index contributed by atoms with van der Waals surface area (Å²) in [5.74, 6) is 1.53. The summed E-state index contributed by atoms with van der Waals surface area (Å²) in [6.07, 6.45) is 0. The third-order valence-electron chi connectivity index (χ3n) is 4.69. The smallest absolute Gasteiger partial charge is 0.217 e. The highest BCUT2D eigenvalue weighted by molar-refractivity contribution is 5.73. The van der Waals surface area contributed by atoms with Gasteiger partial charge in [-0.1, -0.05) is 12.1 Å². The topological polar surface area (TPSA) is 78.2 Å². The number of pyridine rings is 1. The van der Waals surface area contributed by atoms with Crippen LogP contribution in [0, 0.1) is 18.3 Å². The van der Waals surface area contributed by atoms with Crippen molar-refractivity contribution >= 4 is 11.7 Å². The van der Waals surface area contributed by atoms with E-state index >= 15 is 0 Å². The molecule has 0 unspecified atom stereocenters. The largest absolute Gasteiger partial charge is 0.497 e. The normalized spacial score (nSPS) is 19.1. The van der Waals surface area contributed by atoms with E-state index in [0.29, 0.717) is 24.5 Å². The highest BCUT2D eigenvalue weighted by Crippen LogP contribution is 2.32. The van der Waals surface area contributed by atoms with Crippen molar-refractivity contribution in [2.45, 2.75) is 25.8 Å². The molecule has 1 amide bonds. The van der Waals surface area contributed by atoms with Crippen LogP contribution in [0.1, 0.15) is 29.7 Å². The maximum absolute atomic E-state index is 11.7. The van der Waals surface area contributed by atoms with Gasteiger partial charge in [-0.25, -0.2) is 4.98 Å². The third kappa shape index (κ3) is 3.62. The van der Waals surface area contributed by atoms with Gasteiger partial charge in [0, 0.05) is 31.6 Å². The number of aromatic nitrogens is 1. The first-order valence-electron chi connectivity index (χ1n) is 8.55. The zero-order valence-corrected chi connectivity index (χ0v) is 15.2. The summed E-state index contributed by atoms with van der Waals surface area (Å²) in [4.78, 5) is 18.3. The maximum Gasteiger partial charge on any atom is 0.217 e. The van der Waals surface area contributed by atoms with Crippen LogP contribution in [0.2, 0.25) is 0 Å². The number of hydrogen-bond acceptors (Lipinski definition) is 5. The minimum atomic E-state index is -0.0620. The second-order valence-corrected chi connectivity index (χ2v) is 6.53. The Kier molecular flexibility index (Phi) is 5.08. The molecule has 2 heterocycles. The van der Waals surface area contributed by atoms with Crippen LogP contribution in [0.15, 0.2) is 36.4 Å². The number of rotatable bonds is 4. The van der Waals surface area contributed by atoms with Gasteiger partial charge < -0.3 is 15.0 Å². The number of aryl methyl sites for hydroxylation is 1. The Morgan fingerprint density at radius 2 is 2.00 bits per heavy atom. The molecule has 3 rings (SSSR count). The van der Waals surface area contributed by atoms with Crippen molar-refractivity contribution in [2.75, 3.05) is 25.1 Å². The number of hydrogen-bond donors (Lipinski definition) is 1. The number of nitrogens with one attached hydrogen (secondary N) is 1. The first-order valence-corrected chi connectivity index (χ1v) is 8.55. The molecule has 1 saturated heterocycles. The summed E-state index contributed by atoms with van der Waals surface area (Å²) in [7, 11) is 1.64. The second-order valence-electron chi connectivity index (χ2n) is 6.53. The number of anilines is 1. The van der Waals surface area contributed by atoms with Gasteiger partial charge in [0.25, 0.3) is 0 Å². The number of benzene rings is 1. The van der Waals surface area contributed by atoms with Crippen LogP contribution in [0.3, 0.4) is 0 Å². The van der Waals surface area contributed by atoms with Crippen LogP contribution in [0.4, 0.5) is 5.82 Å². The number of nitrogens with zero attached hydrogens (tertiary/aromatic N) is 3. The van der Waals surface area contributed by atoms with Crippen molar-refractivity contribution < 1.29 is 9.53 Å². The van der Waals surface area contributed by atoms with Crippen LogP contribution in [0.5, 0.6) is 5.75 Å². The van der Waals surface area contributed by atoms with Crippen molar-refractivity contribution in [3.8, 4) is 11.8 Å². The molecule has 2 atom stereocenters. The fourth-order valence-electron chi connectivity index (χ4n) is 3.44. The number of carbonyl (C=O) groups excluding carboxylic acids is 1. The molecule has 0 saturated carbocycles. The highest BCUT2D eigenvalue weighted by Gasteiger charge is 2.36. The van der Waals surface area contributed by atoms with E-state index in [9.17, 15) is 10.1 Å². The zero-order valence-electron chi connectivity index (χ0n) is 15.2. The summed E-state index contributed by atoms with van der Waals surface area (Å²) in [5.41, 5.74) is 2.54. The molecule has 1 aliphatic rings. The first kappa shape index (κ1) is 17.7. The Labute approximate surface area is 153 Å². The maximum atomic E-state index is 11.7. The van der Waals surface area contributed by atoms with Crippen molar-refractivity contribution in [1.29, 1.82) is 5.26 Å². The Hall–Kier alpha value is -3.07. The Bertz CT molecular complexity index is 842. The van der Waals surface area contributed by atoms with Gasteiger partial charge in [-0.05, 0) is 36.8 Å². The van der Waals surface area contributed by atoms with Gasteiger partial charge in [-0.2, -0.15) is 5.26 Å². The van der Waals surface area contributed by atoms with E-state index in [1.165, 1.54) is 6.92 Å². The molecular formula is C20H22N4O2. The predicted molar refractivity (Wildman–Crippen MR) is 99.2 cm³/mol. The molecule has 0 spiro atoms. The van der Waals surface area contributed by atoms with E-state index in [1.807, 2.05) is 37.3 Å². The standard InChI is InChI=1S/C20H22N4O2/c1-13-4-5-16(10-21)20(22-13)24-11-18(19(12-24)23-14(2)25)15-6-8-17(26-3)9-7-15/h4-9,18-19H,11-12H2,1-3H3,(H,23,25)/t18-,19+/m0/s1. The van der Waals surface area contributed by atoms with Crippen LogP contribution < -0.4 is 15.0 Å². The molecule has 6 heteroatoms. The minimum absolute atomic E-state index is 0.0465. The molecule has 2 aromatic rings. The van der Waals surface area contributed by atoms with Gasteiger partial charge in [-0.15, -0.1) is 0 Å². The molecule has 1 aromatic heterocycles. The zero-order chi connectivity index (χ0) is 18.7.